The molecule has 0 radical (unpaired) electrons. The summed E-state index contributed by atoms with van der Waals surface area (Å²) in [7, 11) is 0. The fourth-order valence-electron chi connectivity index (χ4n) is 1.97. The van der Waals surface area contributed by atoms with Gasteiger partial charge in [-0.1, -0.05) is 35.5 Å². The second-order valence-corrected chi connectivity index (χ2v) is 4.64. The number of amides is 1. The number of hydrogen-bond donors (Lipinski definition) is 3. The van der Waals surface area contributed by atoms with Gasteiger partial charge in [0, 0.05) is 18.1 Å². The van der Waals surface area contributed by atoms with Crippen molar-refractivity contribution in [3.05, 3.63) is 59.7 Å². The highest BCUT2D eigenvalue weighted by Gasteiger charge is 2.12. The maximum absolute atomic E-state index is 10.7. The van der Waals surface area contributed by atoms with Gasteiger partial charge in [0.2, 0.25) is 0 Å². The van der Waals surface area contributed by atoms with Crippen molar-refractivity contribution in [1.29, 1.82) is 0 Å². The molecule has 0 aliphatic rings. The second-order valence-electron chi connectivity index (χ2n) is 4.64. The summed E-state index contributed by atoms with van der Waals surface area (Å²) in [6, 6.07) is 13.9. The van der Waals surface area contributed by atoms with Gasteiger partial charge in [0.15, 0.2) is 6.61 Å². The van der Waals surface area contributed by atoms with Crippen LogP contribution in [0.4, 0.5) is 0 Å². The molecule has 114 valence electrons. The lowest BCUT2D eigenvalue weighted by molar-refractivity contribution is -0.119. The van der Waals surface area contributed by atoms with E-state index in [1.165, 1.54) is 6.07 Å². The molecule has 0 aliphatic heterocycles. The van der Waals surface area contributed by atoms with E-state index >= 15 is 0 Å². The van der Waals surface area contributed by atoms with Crippen molar-refractivity contribution in [3.63, 3.8) is 0 Å². The Morgan fingerprint density at radius 2 is 1.91 bits per heavy atom. The molecule has 2 rings (SSSR count). The zero-order valence-electron chi connectivity index (χ0n) is 11.8. The number of ether oxygens (including phenoxy) is 1. The molecule has 0 spiro atoms. The first kappa shape index (κ1) is 15.4. The number of benzene rings is 2. The average molecular weight is 300 g/mol. The van der Waals surface area contributed by atoms with Gasteiger partial charge in [-0.3, -0.25) is 4.79 Å². The third kappa shape index (κ3) is 3.99. The Hall–Kier alpha value is -3.02. The summed E-state index contributed by atoms with van der Waals surface area (Å²) >= 11 is 0. The summed E-state index contributed by atoms with van der Waals surface area (Å²) in [6.45, 7) is -0.274. The quantitative estimate of drug-likeness (QED) is 0.429. The zero-order chi connectivity index (χ0) is 15.9. The molecule has 0 saturated carbocycles. The number of phenols is 1. The minimum atomic E-state index is -0.606. The van der Waals surface area contributed by atoms with Crippen molar-refractivity contribution < 1.29 is 19.8 Å². The Kier molecular flexibility index (Phi) is 4.98. The third-order valence-corrected chi connectivity index (χ3v) is 3.00. The lowest BCUT2D eigenvalue weighted by atomic mass is 10.0. The summed E-state index contributed by atoms with van der Waals surface area (Å²) in [5, 5.41) is 22.5. The molecule has 4 N–H and O–H groups in total. The van der Waals surface area contributed by atoms with Crippen LogP contribution in [0.3, 0.4) is 0 Å². The number of rotatable bonds is 6. The predicted molar refractivity (Wildman–Crippen MR) is 81.3 cm³/mol. The molecule has 6 nitrogen and oxygen atoms in total. The maximum atomic E-state index is 10.7. The maximum Gasteiger partial charge on any atom is 0.255 e. The molecule has 0 aromatic heterocycles. The van der Waals surface area contributed by atoms with Crippen molar-refractivity contribution in [2.75, 3.05) is 6.61 Å². The van der Waals surface area contributed by atoms with E-state index in [0.29, 0.717) is 23.4 Å². The van der Waals surface area contributed by atoms with Crippen LogP contribution in [0.2, 0.25) is 0 Å². The standard InChI is InChI=1S/C16H16N2O4/c17-16(20)10-22-12-6-7-13(15(19)9-12)14(18-21)8-11-4-2-1-3-5-11/h1-7,9,19,21H,8,10H2,(H2,17,20). The Bertz CT molecular complexity index is 684. The van der Waals surface area contributed by atoms with Crippen molar-refractivity contribution in [2.45, 2.75) is 6.42 Å². The van der Waals surface area contributed by atoms with Gasteiger partial charge in [-0.25, -0.2) is 0 Å². The first-order chi connectivity index (χ1) is 10.6. The lowest BCUT2D eigenvalue weighted by Crippen LogP contribution is -2.20. The minimum absolute atomic E-state index is 0.106. The van der Waals surface area contributed by atoms with E-state index in [0.717, 1.165) is 5.56 Å². The van der Waals surface area contributed by atoms with E-state index in [1.807, 2.05) is 30.3 Å². The number of nitrogens with two attached hydrogens (primary N) is 1. The van der Waals surface area contributed by atoms with Crippen molar-refractivity contribution in [1.82, 2.24) is 0 Å². The summed E-state index contributed by atoms with van der Waals surface area (Å²) < 4.78 is 5.10. The van der Waals surface area contributed by atoms with Gasteiger partial charge in [0.1, 0.15) is 11.5 Å². The summed E-state index contributed by atoms with van der Waals surface area (Å²) in [4.78, 5) is 10.7. The molecular formula is C16H16N2O4. The molecule has 1 amide bonds. The Morgan fingerprint density at radius 1 is 1.18 bits per heavy atom. The lowest BCUT2D eigenvalue weighted by Gasteiger charge is -2.10. The van der Waals surface area contributed by atoms with Crippen molar-refractivity contribution in [2.24, 2.45) is 10.9 Å². The van der Waals surface area contributed by atoms with Crippen molar-refractivity contribution >= 4 is 11.6 Å². The number of nitrogens with zero attached hydrogens (tertiary/aromatic N) is 1. The van der Waals surface area contributed by atoms with Crippen LogP contribution in [0.25, 0.3) is 0 Å². The molecule has 0 bridgehead atoms. The fraction of sp³-hybridized carbons (Fsp3) is 0.125. The average Bonchev–Trinajstić information content (AvgIpc) is 2.52. The number of carbonyl (C=O) groups excluding carboxylic acids is 1. The van der Waals surface area contributed by atoms with E-state index in [2.05, 4.69) is 5.16 Å². The summed E-state index contributed by atoms with van der Waals surface area (Å²) in [5.74, 6) is -0.409. The summed E-state index contributed by atoms with van der Waals surface area (Å²) in [5.41, 5.74) is 6.64. The minimum Gasteiger partial charge on any atom is -0.507 e. The highest BCUT2D eigenvalue weighted by molar-refractivity contribution is 6.03. The second kappa shape index (κ2) is 7.12. The van der Waals surface area contributed by atoms with Crippen LogP contribution in [0.5, 0.6) is 11.5 Å². The molecule has 0 fully saturated rings. The number of carbonyl (C=O) groups is 1. The molecule has 2 aromatic carbocycles. The van der Waals surface area contributed by atoms with Crippen LogP contribution >= 0.6 is 0 Å². The molecule has 22 heavy (non-hydrogen) atoms. The smallest absolute Gasteiger partial charge is 0.255 e. The molecule has 0 heterocycles. The zero-order valence-corrected chi connectivity index (χ0v) is 11.8. The Labute approximate surface area is 127 Å². The van der Waals surface area contributed by atoms with E-state index < -0.39 is 5.91 Å². The van der Waals surface area contributed by atoms with E-state index in [-0.39, 0.29) is 12.4 Å². The van der Waals surface area contributed by atoms with Crippen LogP contribution in [0.15, 0.2) is 53.7 Å². The van der Waals surface area contributed by atoms with Gasteiger partial charge < -0.3 is 20.8 Å². The fourth-order valence-corrected chi connectivity index (χ4v) is 1.97. The SMILES string of the molecule is NC(=O)COc1ccc(C(Cc2ccccc2)=NO)c(O)c1. The molecule has 0 unspecified atom stereocenters. The van der Waals surface area contributed by atoms with Crippen LogP contribution in [-0.2, 0) is 11.2 Å². The van der Waals surface area contributed by atoms with Gasteiger partial charge in [-0.05, 0) is 17.7 Å². The predicted octanol–water partition coefficient (Wildman–Crippen LogP) is 1.68. The van der Waals surface area contributed by atoms with E-state index in [1.54, 1.807) is 12.1 Å². The van der Waals surface area contributed by atoms with Crippen LogP contribution in [-0.4, -0.2) is 28.5 Å². The Balaban J connectivity index is 2.18. The number of phenolic OH excluding ortho intramolecular Hbond substituents is 1. The number of aromatic hydroxyl groups is 1. The van der Waals surface area contributed by atoms with Crippen molar-refractivity contribution in [3.8, 4) is 11.5 Å². The van der Waals surface area contributed by atoms with E-state index in [9.17, 15) is 15.1 Å². The van der Waals surface area contributed by atoms with Gasteiger partial charge in [-0.15, -0.1) is 0 Å². The third-order valence-electron chi connectivity index (χ3n) is 3.00. The first-order valence-electron chi connectivity index (χ1n) is 6.59. The monoisotopic (exact) mass is 300 g/mol. The number of primary amides is 1. The first-order valence-corrected chi connectivity index (χ1v) is 6.59. The van der Waals surface area contributed by atoms with Gasteiger partial charge in [0.05, 0.1) is 5.71 Å². The van der Waals surface area contributed by atoms with Gasteiger partial charge >= 0.3 is 0 Å². The largest absolute Gasteiger partial charge is 0.507 e. The topological polar surface area (TPSA) is 105 Å². The van der Waals surface area contributed by atoms with Crippen LogP contribution < -0.4 is 10.5 Å². The normalized spacial score (nSPS) is 11.2. The molecular weight excluding hydrogens is 284 g/mol. The molecule has 0 aliphatic carbocycles. The van der Waals surface area contributed by atoms with Crippen LogP contribution in [0, 0.1) is 0 Å². The number of hydrogen-bond acceptors (Lipinski definition) is 5. The van der Waals surface area contributed by atoms with E-state index in [4.69, 9.17) is 10.5 Å². The molecule has 6 heteroatoms. The van der Waals surface area contributed by atoms with Gasteiger partial charge in [0.25, 0.3) is 5.91 Å². The Morgan fingerprint density at radius 3 is 2.50 bits per heavy atom. The molecule has 0 atom stereocenters. The summed E-state index contributed by atoms with van der Waals surface area (Å²) in [6.07, 6.45) is 0.367. The number of oxime groups is 1. The highest BCUT2D eigenvalue weighted by atomic mass is 16.5. The molecule has 0 saturated heterocycles. The van der Waals surface area contributed by atoms with Gasteiger partial charge in [-0.2, -0.15) is 0 Å². The van der Waals surface area contributed by atoms with Crippen LogP contribution in [0.1, 0.15) is 11.1 Å². The highest BCUT2D eigenvalue weighted by Crippen LogP contribution is 2.25. The molecule has 2 aromatic rings.